The molecule has 1 aliphatic heterocycles. The van der Waals surface area contributed by atoms with E-state index < -0.39 is 0 Å². The topological polar surface area (TPSA) is 79.3 Å². The van der Waals surface area contributed by atoms with Gasteiger partial charge in [-0.1, -0.05) is 23.7 Å². The number of aryl methyl sites for hydroxylation is 1. The smallest absolute Gasteiger partial charge is 0.228 e. The van der Waals surface area contributed by atoms with E-state index in [0.717, 1.165) is 55.9 Å². The summed E-state index contributed by atoms with van der Waals surface area (Å²) < 4.78 is 1.65. The lowest BCUT2D eigenvalue weighted by Crippen LogP contribution is -2.48. The Hall–Kier alpha value is -2.42. The van der Waals surface area contributed by atoms with Gasteiger partial charge in [0.25, 0.3) is 0 Å². The van der Waals surface area contributed by atoms with Crippen molar-refractivity contribution in [2.24, 2.45) is 7.05 Å². The number of likely N-dealkylation sites (N-methyl/N-ethyl adjacent to an activating group) is 1. The van der Waals surface area contributed by atoms with Crippen LogP contribution >= 0.6 is 11.6 Å². The van der Waals surface area contributed by atoms with Crippen molar-refractivity contribution in [3.05, 3.63) is 29.3 Å². The molecule has 0 saturated carbocycles. The molecule has 0 spiro atoms. The molecule has 9 heteroatoms. The summed E-state index contributed by atoms with van der Waals surface area (Å²) in [6, 6.07) is 7.64. The molecule has 1 aliphatic rings. The maximum Gasteiger partial charge on any atom is 0.228 e. The quantitative estimate of drug-likeness (QED) is 0.683. The molecule has 0 radical (unpaired) electrons. The molecule has 0 atom stereocenters. The second-order valence-electron chi connectivity index (χ2n) is 7.72. The van der Waals surface area contributed by atoms with E-state index in [1.165, 1.54) is 0 Å². The first-order valence-corrected chi connectivity index (χ1v) is 10.2. The van der Waals surface area contributed by atoms with E-state index >= 15 is 0 Å². The summed E-state index contributed by atoms with van der Waals surface area (Å²) in [6.07, 6.45) is 0. The zero-order valence-corrected chi connectivity index (χ0v) is 17.9. The number of aromatic nitrogens is 4. The summed E-state index contributed by atoms with van der Waals surface area (Å²) in [7, 11) is 6.04. The third kappa shape index (κ3) is 4.14. The van der Waals surface area contributed by atoms with Gasteiger partial charge in [-0.05, 0) is 26.2 Å². The van der Waals surface area contributed by atoms with Gasteiger partial charge in [0.05, 0.1) is 11.1 Å². The number of nitrogens with zero attached hydrogens (tertiary/aromatic N) is 7. The van der Waals surface area contributed by atoms with E-state index in [1.54, 1.807) is 4.68 Å². The molecule has 3 heterocycles. The standard InChI is InChI=1S/C20H27ClN8/c1-26(2)8-9-28-10-12-29(13-11-28)20-23-17(14-4-6-15(21)7-5-14)16-18(22)27(3)25-19(16)24-20/h4-7H,8-13,22H2,1-3H3. The number of piperazine rings is 1. The molecule has 29 heavy (non-hydrogen) atoms. The van der Waals surface area contributed by atoms with Crippen molar-refractivity contribution >= 4 is 34.4 Å². The molecule has 2 aromatic heterocycles. The molecule has 154 valence electrons. The molecule has 0 bridgehead atoms. The van der Waals surface area contributed by atoms with Crippen molar-refractivity contribution in [1.82, 2.24) is 29.5 Å². The average Bonchev–Trinajstić information content (AvgIpc) is 3.00. The molecule has 1 saturated heterocycles. The second-order valence-corrected chi connectivity index (χ2v) is 8.15. The fourth-order valence-corrected chi connectivity index (χ4v) is 3.70. The maximum atomic E-state index is 6.28. The number of benzene rings is 1. The first-order chi connectivity index (χ1) is 13.9. The van der Waals surface area contributed by atoms with Crippen molar-refractivity contribution in [1.29, 1.82) is 0 Å². The Morgan fingerprint density at radius 3 is 2.41 bits per heavy atom. The minimum Gasteiger partial charge on any atom is -0.383 e. The van der Waals surface area contributed by atoms with Gasteiger partial charge in [0, 0.05) is 56.9 Å². The number of fused-ring (bicyclic) bond motifs is 1. The van der Waals surface area contributed by atoms with Gasteiger partial charge in [-0.15, -0.1) is 0 Å². The van der Waals surface area contributed by atoms with Gasteiger partial charge in [0.1, 0.15) is 5.82 Å². The highest BCUT2D eigenvalue weighted by Gasteiger charge is 2.23. The third-order valence-corrected chi connectivity index (χ3v) is 5.62. The van der Waals surface area contributed by atoms with E-state index in [2.05, 4.69) is 33.9 Å². The highest BCUT2D eigenvalue weighted by molar-refractivity contribution is 6.30. The van der Waals surface area contributed by atoms with E-state index in [9.17, 15) is 0 Å². The van der Waals surface area contributed by atoms with Gasteiger partial charge in [0.2, 0.25) is 5.95 Å². The molecule has 0 amide bonds. The van der Waals surface area contributed by atoms with E-state index in [1.807, 2.05) is 31.3 Å². The highest BCUT2D eigenvalue weighted by atomic mass is 35.5. The lowest BCUT2D eigenvalue weighted by atomic mass is 10.1. The van der Waals surface area contributed by atoms with Gasteiger partial charge in [-0.3, -0.25) is 9.58 Å². The van der Waals surface area contributed by atoms with E-state index in [-0.39, 0.29) is 0 Å². The maximum absolute atomic E-state index is 6.28. The van der Waals surface area contributed by atoms with Crippen molar-refractivity contribution in [3.63, 3.8) is 0 Å². The molecule has 2 N–H and O–H groups in total. The van der Waals surface area contributed by atoms with Crippen LogP contribution in [-0.4, -0.2) is 82.9 Å². The first kappa shape index (κ1) is 19.9. The molecule has 8 nitrogen and oxygen atoms in total. The third-order valence-electron chi connectivity index (χ3n) is 5.36. The molecule has 4 rings (SSSR count). The average molecular weight is 415 g/mol. The largest absolute Gasteiger partial charge is 0.383 e. The lowest BCUT2D eigenvalue weighted by molar-refractivity contribution is 0.229. The normalized spacial score (nSPS) is 15.6. The van der Waals surface area contributed by atoms with E-state index in [0.29, 0.717) is 22.4 Å². The summed E-state index contributed by atoms with van der Waals surface area (Å²) in [5.41, 5.74) is 8.65. The number of nitrogen functional groups attached to an aromatic ring is 1. The molecule has 1 fully saturated rings. The van der Waals surface area contributed by atoms with Crippen LogP contribution in [0.2, 0.25) is 5.02 Å². The van der Waals surface area contributed by atoms with Crippen LogP contribution in [0.15, 0.2) is 24.3 Å². The molecular weight excluding hydrogens is 388 g/mol. The Labute approximate surface area is 175 Å². The Morgan fingerprint density at radius 1 is 1.07 bits per heavy atom. The summed E-state index contributed by atoms with van der Waals surface area (Å²) in [5, 5.41) is 5.98. The Bertz CT molecular complexity index is 990. The van der Waals surface area contributed by atoms with Gasteiger partial charge < -0.3 is 15.5 Å². The van der Waals surface area contributed by atoms with Crippen molar-refractivity contribution in [2.45, 2.75) is 0 Å². The summed E-state index contributed by atoms with van der Waals surface area (Å²) >= 11 is 6.07. The minimum atomic E-state index is 0.560. The van der Waals surface area contributed by atoms with Gasteiger partial charge in [-0.25, -0.2) is 4.98 Å². The van der Waals surface area contributed by atoms with Gasteiger partial charge >= 0.3 is 0 Å². The van der Waals surface area contributed by atoms with Crippen molar-refractivity contribution in [2.75, 3.05) is 64.0 Å². The van der Waals surface area contributed by atoms with Crippen molar-refractivity contribution in [3.8, 4) is 11.3 Å². The van der Waals surface area contributed by atoms with Crippen molar-refractivity contribution < 1.29 is 0 Å². The Morgan fingerprint density at radius 2 is 1.76 bits per heavy atom. The second kappa shape index (κ2) is 8.14. The number of hydrogen-bond acceptors (Lipinski definition) is 7. The monoisotopic (exact) mass is 414 g/mol. The molecular formula is C20H27ClN8. The van der Waals surface area contributed by atoms with Crippen LogP contribution in [0, 0.1) is 0 Å². The van der Waals surface area contributed by atoms with E-state index in [4.69, 9.17) is 27.3 Å². The van der Waals surface area contributed by atoms with Crippen LogP contribution in [0.5, 0.6) is 0 Å². The Kier molecular flexibility index (Phi) is 5.58. The molecule has 3 aromatic rings. The van der Waals surface area contributed by atoms with Crippen LogP contribution in [0.25, 0.3) is 22.3 Å². The number of rotatable bonds is 5. The predicted molar refractivity (Wildman–Crippen MR) is 118 cm³/mol. The zero-order valence-electron chi connectivity index (χ0n) is 17.1. The summed E-state index contributed by atoms with van der Waals surface area (Å²) in [5.74, 6) is 1.26. The van der Waals surface area contributed by atoms with Crippen LogP contribution in [0.3, 0.4) is 0 Å². The molecule has 0 unspecified atom stereocenters. The first-order valence-electron chi connectivity index (χ1n) is 9.80. The Balaban J connectivity index is 1.65. The lowest BCUT2D eigenvalue weighted by Gasteiger charge is -2.35. The van der Waals surface area contributed by atoms with Gasteiger partial charge in [-0.2, -0.15) is 10.1 Å². The number of anilines is 2. The number of halogens is 1. The van der Waals surface area contributed by atoms with Gasteiger partial charge in [0.15, 0.2) is 5.65 Å². The molecule has 1 aromatic carbocycles. The summed E-state index contributed by atoms with van der Waals surface area (Å²) in [6.45, 7) is 5.91. The fourth-order valence-electron chi connectivity index (χ4n) is 3.57. The summed E-state index contributed by atoms with van der Waals surface area (Å²) in [4.78, 5) is 16.6. The zero-order chi connectivity index (χ0) is 20.5. The van der Waals surface area contributed by atoms with Crippen LogP contribution < -0.4 is 10.6 Å². The SMILES string of the molecule is CN(C)CCN1CCN(c2nc(-c3ccc(Cl)cc3)c3c(N)n(C)nc3n2)CC1. The van der Waals surface area contributed by atoms with Crippen LogP contribution in [0.4, 0.5) is 11.8 Å². The fraction of sp³-hybridized carbons (Fsp3) is 0.450. The number of hydrogen-bond donors (Lipinski definition) is 1. The molecule has 0 aliphatic carbocycles. The minimum absolute atomic E-state index is 0.560. The number of nitrogens with two attached hydrogens (primary N) is 1. The predicted octanol–water partition coefficient (Wildman–Crippen LogP) is 1.95. The van der Waals surface area contributed by atoms with Crippen LogP contribution in [-0.2, 0) is 7.05 Å². The van der Waals surface area contributed by atoms with Crippen LogP contribution in [0.1, 0.15) is 0 Å². The highest BCUT2D eigenvalue weighted by Crippen LogP contribution is 2.32.